The average Bonchev–Trinajstić information content (AvgIpc) is 2.17. The normalized spacial score (nSPS) is 13.5. The van der Waals surface area contributed by atoms with Crippen LogP contribution in [0.1, 0.15) is 32.8 Å². The number of rotatable bonds is 4. The Labute approximate surface area is 117 Å². The van der Waals surface area contributed by atoms with Gasteiger partial charge >= 0.3 is 0 Å². The van der Waals surface area contributed by atoms with Gasteiger partial charge in [-0.3, -0.25) is 0 Å². The van der Waals surface area contributed by atoms with E-state index in [0.29, 0.717) is 0 Å². The van der Waals surface area contributed by atoms with Gasteiger partial charge in [-0.1, -0.05) is 20.8 Å². The van der Waals surface area contributed by atoms with E-state index >= 15 is 0 Å². The molecule has 1 atom stereocenters. The lowest BCUT2D eigenvalue weighted by Gasteiger charge is -2.22. The Kier molecular flexibility index (Phi) is 5.26. The molecular formula is C13H20BrClN2. The van der Waals surface area contributed by atoms with E-state index in [1.54, 1.807) is 0 Å². The molecule has 0 aliphatic heterocycles. The highest BCUT2D eigenvalue weighted by Gasteiger charge is 2.16. The molecule has 1 aromatic heterocycles. The highest BCUT2D eigenvalue weighted by Crippen LogP contribution is 2.24. The van der Waals surface area contributed by atoms with E-state index in [2.05, 4.69) is 47.0 Å². The zero-order valence-electron chi connectivity index (χ0n) is 10.8. The minimum Gasteiger partial charge on any atom is -0.369 e. The third-order valence-corrected chi connectivity index (χ3v) is 3.52. The maximum atomic E-state index is 6.29. The first-order chi connectivity index (χ1) is 7.78. The molecule has 0 amide bonds. The van der Waals surface area contributed by atoms with Crippen molar-refractivity contribution in [2.45, 2.75) is 39.5 Å². The summed E-state index contributed by atoms with van der Waals surface area (Å²) in [4.78, 5) is 4.29. The smallest absolute Gasteiger partial charge is 0.126 e. The number of hydrogen-bond donors (Lipinski definition) is 1. The van der Waals surface area contributed by atoms with Crippen LogP contribution < -0.4 is 5.32 Å². The largest absolute Gasteiger partial charge is 0.369 e. The number of anilines is 1. The van der Waals surface area contributed by atoms with Crippen LogP contribution in [-0.2, 0) is 0 Å². The first-order valence-corrected chi connectivity index (χ1v) is 7.01. The van der Waals surface area contributed by atoms with Gasteiger partial charge in [0.1, 0.15) is 5.82 Å². The minimum atomic E-state index is 0.126. The molecule has 1 unspecified atom stereocenters. The molecule has 0 spiro atoms. The van der Waals surface area contributed by atoms with Crippen molar-refractivity contribution < 1.29 is 0 Å². The molecule has 4 heteroatoms. The Hall–Kier alpha value is -0.280. The Morgan fingerprint density at radius 1 is 1.47 bits per heavy atom. The van der Waals surface area contributed by atoms with Crippen molar-refractivity contribution in [2.24, 2.45) is 5.41 Å². The summed E-state index contributed by atoms with van der Waals surface area (Å²) in [6.45, 7) is 9.39. The van der Waals surface area contributed by atoms with E-state index in [4.69, 9.17) is 11.6 Å². The molecule has 0 saturated heterocycles. The Morgan fingerprint density at radius 3 is 2.65 bits per heavy atom. The summed E-state index contributed by atoms with van der Waals surface area (Å²) in [6, 6.07) is 2.02. The number of aryl methyl sites for hydroxylation is 1. The molecule has 0 fully saturated rings. The monoisotopic (exact) mass is 318 g/mol. The molecule has 0 aliphatic carbocycles. The molecule has 1 N–H and O–H groups in total. The van der Waals surface area contributed by atoms with Gasteiger partial charge in [-0.05, 0) is 46.3 Å². The van der Waals surface area contributed by atoms with Crippen LogP contribution in [0.5, 0.6) is 0 Å². The van der Waals surface area contributed by atoms with Crippen molar-refractivity contribution in [2.75, 3.05) is 11.9 Å². The van der Waals surface area contributed by atoms with E-state index in [-0.39, 0.29) is 10.8 Å². The van der Waals surface area contributed by atoms with E-state index in [1.165, 1.54) is 5.56 Å². The van der Waals surface area contributed by atoms with Crippen molar-refractivity contribution >= 4 is 33.3 Å². The lowest BCUT2D eigenvalue weighted by molar-refractivity contribution is 0.373. The number of nitrogens with one attached hydrogen (secondary N) is 1. The van der Waals surface area contributed by atoms with Gasteiger partial charge in [0, 0.05) is 17.2 Å². The van der Waals surface area contributed by atoms with Crippen LogP contribution >= 0.6 is 27.5 Å². The van der Waals surface area contributed by atoms with Gasteiger partial charge in [-0.15, -0.1) is 11.6 Å². The molecule has 0 radical (unpaired) electrons. The van der Waals surface area contributed by atoms with Gasteiger partial charge in [-0.2, -0.15) is 0 Å². The summed E-state index contributed by atoms with van der Waals surface area (Å²) < 4.78 is 1.03. The molecule has 2 nitrogen and oxygen atoms in total. The van der Waals surface area contributed by atoms with Crippen LogP contribution in [0.2, 0.25) is 0 Å². The second-order valence-electron chi connectivity index (χ2n) is 5.56. The van der Waals surface area contributed by atoms with Crippen LogP contribution in [0.4, 0.5) is 5.82 Å². The molecule has 1 aromatic rings. The average molecular weight is 320 g/mol. The van der Waals surface area contributed by atoms with Gasteiger partial charge < -0.3 is 5.32 Å². The molecule has 0 bridgehead atoms. The van der Waals surface area contributed by atoms with E-state index < -0.39 is 0 Å². The first kappa shape index (κ1) is 14.8. The second-order valence-corrected chi connectivity index (χ2v) is 7.03. The standard InChI is InChI=1S/C13H20BrClN2/c1-9-5-12(17-8-11(9)14)16-7-10(15)6-13(2,3)4/h5,8,10H,6-7H2,1-4H3,(H,16,17). The predicted molar refractivity (Wildman–Crippen MR) is 78.9 cm³/mol. The summed E-state index contributed by atoms with van der Waals surface area (Å²) in [5, 5.41) is 3.40. The molecule has 0 saturated carbocycles. The van der Waals surface area contributed by atoms with Crippen LogP contribution in [0.3, 0.4) is 0 Å². The number of alkyl halides is 1. The molecule has 0 aromatic carbocycles. The highest BCUT2D eigenvalue weighted by molar-refractivity contribution is 9.10. The van der Waals surface area contributed by atoms with Crippen molar-refractivity contribution in [3.05, 3.63) is 22.3 Å². The zero-order valence-corrected chi connectivity index (χ0v) is 13.2. The first-order valence-electron chi connectivity index (χ1n) is 5.78. The number of aromatic nitrogens is 1. The maximum absolute atomic E-state index is 6.29. The number of hydrogen-bond acceptors (Lipinski definition) is 2. The topological polar surface area (TPSA) is 24.9 Å². The van der Waals surface area contributed by atoms with Gasteiger partial charge in [0.25, 0.3) is 0 Å². The van der Waals surface area contributed by atoms with Crippen molar-refractivity contribution in [1.82, 2.24) is 4.98 Å². The van der Waals surface area contributed by atoms with E-state index in [9.17, 15) is 0 Å². The second kappa shape index (κ2) is 6.05. The molecule has 17 heavy (non-hydrogen) atoms. The zero-order chi connectivity index (χ0) is 13.1. The molecule has 0 aliphatic rings. The fraction of sp³-hybridized carbons (Fsp3) is 0.615. The number of halogens is 2. The summed E-state index contributed by atoms with van der Waals surface area (Å²) >= 11 is 9.72. The maximum Gasteiger partial charge on any atom is 0.126 e. The number of nitrogens with zero attached hydrogens (tertiary/aromatic N) is 1. The molecule has 1 rings (SSSR count). The van der Waals surface area contributed by atoms with Crippen LogP contribution in [0.15, 0.2) is 16.7 Å². The SMILES string of the molecule is Cc1cc(NCC(Cl)CC(C)(C)C)ncc1Br. The quantitative estimate of drug-likeness (QED) is 0.820. The minimum absolute atomic E-state index is 0.126. The van der Waals surface area contributed by atoms with E-state index in [1.807, 2.05) is 19.2 Å². The number of pyridine rings is 1. The molecule has 96 valence electrons. The van der Waals surface area contributed by atoms with Crippen molar-refractivity contribution in [3.8, 4) is 0 Å². The Balaban J connectivity index is 2.47. The molecular weight excluding hydrogens is 300 g/mol. The predicted octanol–water partition coefficient (Wildman–Crippen LogP) is 4.61. The lowest BCUT2D eigenvalue weighted by atomic mass is 9.90. The highest BCUT2D eigenvalue weighted by atomic mass is 79.9. The van der Waals surface area contributed by atoms with Crippen LogP contribution in [0, 0.1) is 12.3 Å². The Morgan fingerprint density at radius 2 is 2.12 bits per heavy atom. The van der Waals surface area contributed by atoms with E-state index in [0.717, 1.165) is 23.3 Å². The van der Waals surface area contributed by atoms with Gasteiger partial charge in [0.05, 0.1) is 5.38 Å². The fourth-order valence-electron chi connectivity index (χ4n) is 1.59. The van der Waals surface area contributed by atoms with Gasteiger partial charge in [0.15, 0.2) is 0 Å². The summed E-state index contributed by atoms with van der Waals surface area (Å²) in [5.41, 5.74) is 1.43. The lowest BCUT2D eigenvalue weighted by Crippen LogP contribution is -2.21. The van der Waals surface area contributed by atoms with Crippen LogP contribution in [0.25, 0.3) is 0 Å². The molecule has 1 heterocycles. The fourth-order valence-corrected chi connectivity index (χ4v) is 2.34. The van der Waals surface area contributed by atoms with Gasteiger partial charge in [0.2, 0.25) is 0 Å². The van der Waals surface area contributed by atoms with Crippen molar-refractivity contribution in [1.29, 1.82) is 0 Å². The third kappa shape index (κ3) is 5.73. The summed E-state index contributed by atoms with van der Waals surface area (Å²) in [7, 11) is 0. The van der Waals surface area contributed by atoms with Gasteiger partial charge in [-0.25, -0.2) is 4.98 Å². The van der Waals surface area contributed by atoms with Crippen molar-refractivity contribution in [3.63, 3.8) is 0 Å². The Bertz CT molecular complexity index is 374. The third-order valence-electron chi connectivity index (χ3n) is 2.39. The van der Waals surface area contributed by atoms with Crippen LogP contribution in [-0.4, -0.2) is 16.9 Å². The summed E-state index contributed by atoms with van der Waals surface area (Å²) in [6.07, 6.45) is 2.79. The summed E-state index contributed by atoms with van der Waals surface area (Å²) in [5.74, 6) is 0.880.